The van der Waals surface area contributed by atoms with Crippen molar-refractivity contribution in [1.29, 1.82) is 0 Å². The molecule has 254 valence electrons. The van der Waals surface area contributed by atoms with Gasteiger partial charge in [-0.15, -0.1) is 0 Å². The topological polar surface area (TPSA) is 8.17 Å². The van der Waals surface area contributed by atoms with Gasteiger partial charge in [-0.2, -0.15) is 0 Å². The molecule has 0 N–H and O–H groups in total. The van der Waals surface area contributed by atoms with Crippen LogP contribution in [-0.4, -0.2) is 4.57 Å². The third-order valence-electron chi connectivity index (χ3n) is 10.5. The van der Waals surface area contributed by atoms with Crippen molar-refractivity contribution in [2.45, 2.75) is 0 Å². The lowest BCUT2D eigenvalue weighted by molar-refractivity contribution is 1.17. The molecule has 0 aliphatic heterocycles. The van der Waals surface area contributed by atoms with Gasteiger partial charge in [0.05, 0.1) is 11.0 Å². The summed E-state index contributed by atoms with van der Waals surface area (Å²) in [6.45, 7) is 0. The highest BCUT2D eigenvalue weighted by Crippen LogP contribution is 2.41. The van der Waals surface area contributed by atoms with Crippen molar-refractivity contribution in [3.63, 3.8) is 0 Å². The zero-order valence-corrected chi connectivity index (χ0v) is 29.7. The molecule has 0 saturated heterocycles. The fraction of sp³-hybridized carbons (Fsp3) is 0. The molecule has 1 aromatic heterocycles. The van der Waals surface area contributed by atoms with E-state index in [9.17, 15) is 0 Å². The van der Waals surface area contributed by atoms with Gasteiger partial charge in [-0.3, -0.25) is 0 Å². The number of anilines is 3. The van der Waals surface area contributed by atoms with Crippen molar-refractivity contribution >= 4 is 49.6 Å². The van der Waals surface area contributed by atoms with E-state index < -0.39 is 0 Å². The first kappa shape index (κ1) is 31.6. The van der Waals surface area contributed by atoms with Gasteiger partial charge in [-0.25, -0.2) is 0 Å². The molecule has 2 nitrogen and oxygen atoms in total. The summed E-state index contributed by atoms with van der Waals surface area (Å²) in [4.78, 5) is 2.36. The molecule has 0 unspecified atom stereocenters. The maximum Gasteiger partial charge on any atom is 0.0541 e. The van der Waals surface area contributed by atoms with Crippen molar-refractivity contribution in [2.75, 3.05) is 4.90 Å². The number of aromatic nitrogens is 1. The zero-order chi connectivity index (χ0) is 35.8. The molecule has 10 rings (SSSR count). The molecular formula is C52H36N2. The van der Waals surface area contributed by atoms with E-state index in [1.807, 2.05) is 0 Å². The molecule has 0 spiro atoms. The Morgan fingerprint density at radius 2 is 0.796 bits per heavy atom. The second-order valence-electron chi connectivity index (χ2n) is 13.8. The van der Waals surface area contributed by atoms with Crippen LogP contribution in [0, 0.1) is 0 Å². The molecule has 0 aliphatic rings. The number of hydrogen-bond donors (Lipinski definition) is 0. The highest BCUT2D eigenvalue weighted by molar-refractivity contribution is 6.09. The average molecular weight is 689 g/mol. The van der Waals surface area contributed by atoms with E-state index in [1.54, 1.807) is 0 Å². The standard InChI is InChI=1S/C52H36N2/c1-3-16-37(17-4-1)46-30-13-18-38-19-14-31-47(52(38)46)41-22-11-20-39(34-41)40-21-12-25-43(35-40)53(42-23-5-2-6-24-42)44-26-15-27-45(36-44)54-50-32-9-7-28-48(50)49-29-8-10-33-51(49)54/h1-36H. The Hall–Kier alpha value is -7.16. The lowest BCUT2D eigenvalue weighted by atomic mass is 9.90. The number of para-hydroxylation sites is 3. The highest BCUT2D eigenvalue weighted by atomic mass is 15.1. The quantitative estimate of drug-likeness (QED) is 0.162. The Balaban J connectivity index is 1.09. The smallest absolute Gasteiger partial charge is 0.0541 e. The largest absolute Gasteiger partial charge is 0.310 e. The summed E-state index contributed by atoms with van der Waals surface area (Å²) >= 11 is 0. The number of rotatable bonds is 7. The molecular weight excluding hydrogens is 653 g/mol. The predicted molar refractivity (Wildman–Crippen MR) is 229 cm³/mol. The van der Waals surface area contributed by atoms with E-state index in [1.165, 1.54) is 60.4 Å². The van der Waals surface area contributed by atoms with Gasteiger partial charge in [0.1, 0.15) is 0 Å². The van der Waals surface area contributed by atoms with Crippen LogP contribution in [0.1, 0.15) is 0 Å². The summed E-state index contributed by atoms with van der Waals surface area (Å²) in [5, 5.41) is 5.03. The van der Waals surface area contributed by atoms with Gasteiger partial charge >= 0.3 is 0 Å². The number of benzene rings is 9. The summed E-state index contributed by atoms with van der Waals surface area (Å²) < 4.78 is 2.38. The molecule has 10 aromatic rings. The van der Waals surface area contributed by atoms with Gasteiger partial charge < -0.3 is 9.47 Å². The Labute approximate surface area is 315 Å². The number of nitrogens with zero attached hydrogens (tertiary/aromatic N) is 2. The lowest BCUT2D eigenvalue weighted by Crippen LogP contribution is -2.10. The highest BCUT2D eigenvalue weighted by Gasteiger charge is 2.17. The van der Waals surface area contributed by atoms with Gasteiger partial charge in [-0.1, -0.05) is 158 Å². The Bertz CT molecular complexity index is 2880. The van der Waals surface area contributed by atoms with E-state index in [-0.39, 0.29) is 0 Å². The van der Waals surface area contributed by atoms with Crippen molar-refractivity contribution in [2.24, 2.45) is 0 Å². The molecule has 0 radical (unpaired) electrons. The first-order chi connectivity index (χ1) is 26.8. The van der Waals surface area contributed by atoms with Crippen molar-refractivity contribution in [3.8, 4) is 39.1 Å². The molecule has 2 heteroatoms. The van der Waals surface area contributed by atoms with Crippen LogP contribution in [0.5, 0.6) is 0 Å². The van der Waals surface area contributed by atoms with Gasteiger partial charge in [0.25, 0.3) is 0 Å². The van der Waals surface area contributed by atoms with Gasteiger partial charge in [0, 0.05) is 33.5 Å². The summed E-state index contributed by atoms with van der Waals surface area (Å²) in [7, 11) is 0. The van der Waals surface area contributed by atoms with Crippen LogP contribution in [-0.2, 0) is 0 Å². The molecule has 0 fully saturated rings. The molecule has 0 bridgehead atoms. The molecule has 0 saturated carbocycles. The second kappa shape index (κ2) is 13.4. The number of hydrogen-bond acceptors (Lipinski definition) is 1. The first-order valence-electron chi connectivity index (χ1n) is 18.5. The molecule has 9 aromatic carbocycles. The van der Waals surface area contributed by atoms with Gasteiger partial charge in [0.15, 0.2) is 0 Å². The van der Waals surface area contributed by atoms with Crippen LogP contribution in [0.15, 0.2) is 218 Å². The van der Waals surface area contributed by atoms with Crippen LogP contribution in [0.2, 0.25) is 0 Å². The molecule has 54 heavy (non-hydrogen) atoms. The Kier molecular flexibility index (Phi) is 7.85. The lowest BCUT2D eigenvalue weighted by Gasteiger charge is -2.26. The molecule has 0 atom stereocenters. The summed E-state index contributed by atoms with van der Waals surface area (Å²) in [6, 6.07) is 78.8. The van der Waals surface area contributed by atoms with E-state index in [0.717, 1.165) is 28.3 Å². The van der Waals surface area contributed by atoms with Gasteiger partial charge in [-0.05, 0) is 105 Å². The van der Waals surface area contributed by atoms with Crippen molar-refractivity contribution in [1.82, 2.24) is 4.57 Å². The maximum absolute atomic E-state index is 2.38. The van der Waals surface area contributed by atoms with Crippen LogP contribution >= 0.6 is 0 Å². The predicted octanol–water partition coefficient (Wildman–Crippen LogP) is 14.4. The van der Waals surface area contributed by atoms with Crippen molar-refractivity contribution < 1.29 is 0 Å². The first-order valence-corrected chi connectivity index (χ1v) is 18.5. The van der Waals surface area contributed by atoms with E-state index >= 15 is 0 Å². The monoisotopic (exact) mass is 688 g/mol. The van der Waals surface area contributed by atoms with Crippen molar-refractivity contribution in [3.05, 3.63) is 218 Å². The minimum Gasteiger partial charge on any atom is -0.310 e. The molecule has 0 amide bonds. The Morgan fingerprint density at radius 1 is 0.315 bits per heavy atom. The fourth-order valence-electron chi connectivity index (χ4n) is 8.13. The number of fused-ring (bicyclic) bond motifs is 4. The van der Waals surface area contributed by atoms with E-state index in [2.05, 4.69) is 228 Å². The third kappa shape index (κ3) is 5.53. The minimum absolute atomic E-state index is 1.09. The summed E-state index contributed by atoms with van der Waals surface area (Å²) in [5.41, 5.74) is 14.1. The summed E-state index contributed by atoms with van der Waals surface area (Å²) in [5.74, 6) is 0. The molecule has 1 heterocycles. The maximum atomic E-state index is 2.38. The fourth-order valence-corrected chi connectivity index (χ4v) is 8.13. The summed E-state index contributed by atoms with van der Waals surface area (Å²) in [6.07, 6.45) is 0. The van der Waals surface area contributed by atoms with E-state index in [4.69, 9.17) is 0 Å². The van der Waals surface area contributed by atoms with E-state index in [0.29, 0.717) is 0 Å². The molecule has 0 aliphatic carbocycles. The second-order valence-corrected chi connectivity index (χ2v) is 13.8. The zero-order valence-electron chi connectivity index (χ0n) is 29.7. The Morgan fingerprint density at radius 3 is 1.50 bits per heavy atom. The average Bonchev–Trinajstić information content (AvgIpc) is 3.59. The van der Waals surface area contributed by atoms with Gasteiger partial charge in [0.2, 0.25) is 0 Å². The minimum atomic E-state index is 1.09. The third-order valence-corrected chi connectivity index (χ3v) is 10.5. The van der Waals surface area contributed by atoms with Crippen LogP contribution in [0.4, 0.5) is 17.1 Å². The normalized spacial score (nSPS) is 11.3. The SMILES string of the molecule is c1ccc(-c2cccc3cccc(-c4cccc(-c5cccc(N(c6ccccc6)c6cccc(-n7c8ccccc8c8ccccc87)c6)c5)c4)c23)cc1. The van der Waals surface area contributed by atoms with Crippen LogP contribution in [0.25, 0.3) is 71.6 Å². The van der Waals surface area contributed by atoms with Crippen LogP contribution < -0.4 is 4.90 Å². The van der Waals surface area contributed by atoms with Crippen LogP contribution in [0.3, 0.4) is 0 Å².